The van der Waals surface area contributed by atoms with Crippen LogP contribution in [0.4, 0.5) is 0 Å². The van der Waals surface area contributed by atoms with Crippen LogP contribution in [-0.4, -0.2) is 30.6 Å². The first kappa shape index (κ1) is 11.6. The zero-order valence-corrected chi connectivity index (χ0v) is 10.4. The van der Waals surface area contributed by atoms with Gasteiger partial charge in [-0.3, -0.25) is 4.90 Å². The van der Waals surface area contributed by atoms with Crippen molar-refractivity contribution < 1.29 is 0 Å². The third-order valence-electron chi connectivity index (χ3n) is 4.16. The molecule has 2 nitrogen and oxygen atoms in total. The molecule has 2 heteroatoms. The molecule has 0 saturated heterocycles. The van der Waals surface area contributed by atoms with Crippen molar-refractivity contribution in [1.82, 2.24) is 4.90 Å². The highest BCUT2D eigenvalue weighted by Gasteiger charge is 2.35. The Bertz CT molecular complexity index is 362. The predicted molar refractivity (Wildman–Crippen MR) is 68.6 cm³/mol. The fraction of sp³-hybridized carbons (Fsp3) is 0.571. The largest absolute Gasteiger partial charge is 0.329 e. The highest BCUT2D eigenvalue weighted by atomic mass is 15.2. The summed E-state index contributed by atoms with van der Waals surface area (Å²) in [5, 5.41) is 0. The highest BCUT2D eigenvalue weighted by Crippen LogP contribution is 2.31. The summed E-state index contributed by atoms with van der Waals surface area (Å²) in [6.45, 7) is 4.03. The summed E-state index contributed by atoms with van der Waals surface area (Å²) < 4.78 is 0. The second-order valence-electron chi connectivity index (χ2n) is 4.89. The van der Waals surface area contributed by atoms with Crippen molar-refractivity contribution in [3.05, 3.63) is 35.4 Å². The Morgan fingerprint density at radius 3 is 2.62 bits per heavy atom. The normalized spacial score (nSPS) is 24.5. The van der Waals surface area contributed by atoms with Crippen LogP contribution in [0.5, 0.6) is 0 Å². The quantitative estimate of drug-likeness (QED) is 0.838. The van der Waals surface area contributed by atoms with Gasteiger partial charge in [-0.05, 0) is 44.0 Å². The molecule has 1 aromatic rings. The van der Waals surface area contributed by atoms with Crippen LogP contribution in [0.1, 0.15) is 24.5 Å². The summed E-state index contributed by atoms with van der Waals surface area (Å²) in [5.74, 6) is 0. The molecule has 1 unspecified atom stereocenters. The van der Waals surface area contributed by atoms with Crippen LogP contribution in [-0.2, 0) is 12.8 Å². The first-order chi connectivity index (χ1) is 7.72. The van der Waals surface area contributed by atoms with E-state index < -0.39 is 0 Å². The third kappa shape index (κ3) is 1.87. The van der Waals surface area contributed by atoms with Crippen molar-refractivity contribution in [3.63, 3.8) is 0 Å². The van der Waals surface area contributed by atoms with E-state index in [1.165, 1.54) is 17.5 Å². The SMILES string of the molecule is CCN(C)C1(CN)CCc2ccccc2C1. The van der Waals surface area contributed by atoms with Crippen molar-refractivity contribution in [2.75, 3.05) is 20.1 Å². The Labute approximate surface area is 98.4 Å². The fourth-order valence-corrected chi connectivity index (χ4v) is 2.78. The molecule has 0 radical (unpaired) electrons. The minimum atomic E-state index is 0.184. The van der Waals surface area contributed by atoms with Gasteiger partial charge < -0.3 is 5.73 Å². The maximum Gasteiger partial charge on any atom is 0.0372 e. The second kappa shape index (κ2) is 4.56. The summed E-state index contributed by atoms with van der Waals surface area (Å²) in [5.41, 5.74) is 9.21. The average Bonchev–Trinajstić information content (AvgIpc) is 2.37. The Morgan fingerprint density at radius 1 is 1.31 bits per heavy atom. The first-order valence-corrected chi connectivity index (χ1v) is 6.20. The van der Waals surface area contributed by atoms with E-state index in [2.05, 4.69) is 43.1 Å². The minimum absolute atomic E-state index is 0.184. The van der Waals surface area contributed by atoms with E-state index in [-0.39, 0.29) is 5.54 Å². The lowest BCUT2D eigenvalue weighted by atomic mass is 9.77. The molecule has 0 saturated carbocycles. The summed E-state index contributed by atoms with van der Waals surface area (Å²) in [7, 11) is 2.20. The minimum Gasteiger partial charge on any atom is -0.329 e. The standard InChI is InChI=1S/C14H22N2/c1-3-16(2)14(11-15)9-8-12-6-4-5-7-13(12)10-14/h4-7H,3,8-11,15H2,1-2H3. The smallest absolute Gasteiger partial charge is 0.0372 e. The predicted octanol–water partition coefficient (Wildman–Crippen LogP) is 1.82. The van der Waals surface area contributed by atoms with E-state index in [1.54, 1.807) is 0 Å². The number of aryl methyl sites for hydroxylation is 1. The van der Waals surface area contributed by atoms with Crippen molar-refractivity contribution in [2.45, 2.75) is 31.7 Å². The van der Waals surface area contributed by atoms with Crippen molar-refractivity contribution >= 4 is 0 Å². The molecule has 1 aromatic carbocycles. The van der Waals surface area contributed by atoms with Gasteiger partial charge in [-0.15, -0.1) is 0 Å². The van der Waals surface area contributed by atoms with Gasteiger partial charge in [0.25, 0.3) is 0 Å². The molecule has 2 N–H and O–H groups in total. The van der Waals surface area contributed by atoms with Gasteiger partial charge in [0.05, 0.1) is 0 Å². The van der Waals surface area contributed by atoms with Crippen LogP contribution in [0.2, 0.25) is 0 Å². The van der Waals surface area contributed by atoms with Gasteiger partial charge in [0.2, 0.25) is 0 Å². The Morgan fingerprint density at radius 2 is 2.00 bits per heavy atom. The molecule has 0 aliphatic heterocycles. The summed E-state index contributed by atoms with van der Waals surface area (Å²) in [6.07, 6.45) is 3.45. The Kier molecular flexibility index (Phi) is 3.31. The number of benzene rings is 1. The molecule has 0 heterocycles. The lowest BCUT2D eigenvalue weighted by Gasteiger charge is -2.44. The zero-order chi connectivity index (χ0) is 11.6. The van der Waals surface area contributed by atoms with E-state index in [9.17, 15) is 0 Å². The number of nitrogens with two attached hydrogens (primary N) is 1. The van der Waals surface area contributed by atoms with E-state index in [1.807, 2.05) is 0 Å². The van der Waals surface area contributed by atoms with Gasteiger partial charge in [-0.25, -0.2) is 0 Å². The molecule has 0 aromatic heterocycles. The molecule has 0 fully saturated rings. The van der Waals surface area contributed by atoms with Crippen LogP contribution < -0.4 is 5.73 Å². The molecule has 0 amide bonds. The van der Waals surface area contributed by atoms with E-state index in [0.29, 0.717) is 0 Å². The number of nitrogens with zero attached hydrogens (tertiary/aromatic N) is 1. The van der Waals surface area contributed by atoms with Gasteiger partial charge in [0.15, 0.2) is 0 Å². The lowest BCUT2D eigenvalue weighted by Crippen LogP contribution is -2.55. The van der Waals surface area contributed by atoms with Crippen LogP contribution in [0.25, 0.3) is 0 Å². The molecule has 0 bridgehead atoms. The van der Waals surface area contributed by atoms with Gasteiger partial charge in [0, 0.05) is 12.1 Å². The summed E-state index contributed by atoms with van der Waals surface area (Å²) >= 11 is 0. The highest BCUT2D eigenvalue weighted by molar-refractivity contribution is 5.32. The van der Waals surface area contributed by atoms with Crippen molar-refractivity contribution in [2.24, 2.45) is 5.73 Å². The average molecular weight is 218 g/mol. The van der Waals surface area contributed by atoms with Crippen LogP contribution >= 0.6 is 0 Å². The molecule has 2 rings (SSSR count). The molecule has 1 aliphatic carbocycles. The van der Waals surface area contributed by atoms with E-state index >= 15 is 0 Å². The monoisotopic (exact) mass is 218 g/mol. The number of rotatable bonds is 3. The molecule has 1 aliphatic rings. The van der Waals surface area contributed by atoms with Gasteiger partial charge >= 0.3 is 0 Å². The second-order valence-corrected chi connectivity index (χ2v) is 4.89. The third-order valence-corrected chi connectivity index (χ3v) is 4.16. The molecule has 0 spiro atoms. The topological polar surface area (TPSA) is 29.3 Å². The van der Waals surface area contributed by atoms with Gasteiger partial charge in [0.1, 0.15) is 0 Å². The van der Waals surface area contributed by atoms with Crippen molar-refractivity contribution in [3.8, 4) is 0 Å². The van der Waals surface area contributed by atoms with Crippen LogP contribution in [0.15, 0.2) is 24.3 Å². The van der Waals surface area contributed by atoms with E-state index in [4.69, 9.17) is 5.73 Å². The number of hydrogen-bond acceptors (Lipinski definition) is 2. The Balaban J connectivity index is 2.28. The summed E-state index contributed by atoms with van der Waals surface area (Å²) in [6, 6.07) is 8.78. The van der Waals surface area contributed by atoms with E-state index in [0.717, 1.165) is 25.9 Å². The lowest BCUT2D eigenvalue weighted by molar-refractivity contribution is 0.115. The van der Waals surface area contributed by atoms with Gasteiger partial charge in [-0.2, -0.15) is 0 Å². The zero-order valence-electron chi connectivity index (χ0n) is 10.4. The van der Waals surface area contributed by atoms with Crippen LogP contribution in [0.3, 0.4) is 0 Å². The van der Waals surface area contributed by atoms with Crippen LogP contribution in [0, 0.1) is 0 Å². The molecule has 88 valence electrons. The maximum atomic E-state index is 6.03. The first-order valence-electron chi connectivity index (χ1n) is 6.20. The number of hydrogen-bond donors (Lipinski definition) is 1. The number of fused-ring (bicyclic) bond motifs is 1. The Hall–Kier alpha value is -0.860. The van der Waals surface area contributed by atoms with Gasteiger partial charge in [-0.1, -0.05) is 31.2 Å². The maximum absolute atomic E-state index is 6.03. The molecular formula is C14H22N2. The molecule has 16 heavy (non-hydrogen) atoms. The molecular weight excluding hydrogens is 196 g/mol. The molecule has 1 atom stereocenters. The van der Waals surface area contributed by atoms with Crippen molar-refractivity contribution in [1.29, 1.82) is 0 Å². The fourth-order valence-electron chi connectivity index (χ4n) is 2.78. The summed E-state index contributed by atoms with van der Waals surface area (Å²) in [4.78, 5) is 2.42. The number of likely N-dealkylation sites (N-methyl/N-ethyl adjacent to an activating group) is 1.